The highest BCUT2D eigenvalue weighted by molar-refractivity contribution is 6.34. The number of hydrogen-bond acceptors (Lipinski definition) is 5. The molecule has 1 aromatic heterocycles. The van der Waals surface area contributed by atoms with Crippen LogP contribution in [0.2, 0.25) is 5.02 Å². The normalized spacial score (nSPS) is 13.6. The van der Waals surface area contributed by atoms with Crippen molar-refractivity contribution in [2.45, 2.75) is 32.1 Å². The van der Waals surface area contributed by atoms with Gasteiger partial charge in [0, 0.05) is 37.1 Å². The van der Waals surface area contributed by atoms with Gasteiger partial charge in [-0.2, -0.15) is 4.98 Å². The largest absolute Gasteiger partial charge is 0.339 e. The van der Waals surface area contributed by atoms with E-state index in [0.29, 0.717) is 60.3 Å². The molecule has 1 aliphatic heterocycles. The molecule has 4 rings (SSSR count). The first kappa shape index (κ1) is 20.1. The van der Waals surface area contributed by atoms with E-state index in [2.05, 4.69) is 15.5 Å². The van der Waals surface area contributed by atoms with Crippen molar-refractivity contribution in [3.63, 3.8) is 0 Å². The molecule has 0 saturated carbocycles. The van der Waals surface area contributed by atoms with Crippen LogP contribution in [-0.4, -0.2) is 28.5 Å². The number of nitrogens with zero attached hydrogens (tertiary/aromatic N) is 3. The fourth-order valence-corrected chi connectivity index (χ4v) is 3.67. The minimum Gasteiger partial charge on any atom is -0.339 e. The van der Waals surface area contributed by atoms with Crippen LogP contribution in [0.25, 0.3) is 11.4 Å². The van der Waals surface area contributed by atoms with Crippen molar-refractivity contribution in [1.29, 1.82) is 0 Å². The number of hydrogen-bond donors (Lipinski definition) is 1. The van der Waals surface area contributed by atoms with E-state index in [1.807, 2.05) is 30.3 Å². The lowest BCUT2D eigenvalue weighted by atomic mass is 10.2. The van der Waals surface area contributed by atoms with Crippen molar-refractivity contribution in [3.8, 4) is 11.4 Å². The lowest BCUT2D eigenvalue weighted by Crippen LogP contribution is -2.24. The first-order valence-electron chi connectivity index (χ1n) is 9.88. The number of aryl methyl sites for hydroxylation is 1. The average Bonchev–Trinajstić information content (AvgIpc) is 3.38. The van der Waals surface area contributed by atoms with E-state index in [-0.39, 0.29) is 11.8 Å². The molecule has 1 saturated heterocycles. The Kier molecular flexibility index (Phi) is 6.09. The lowest BCUT2D eigenvalue weighted by Gasteiger charge is -2.18. The Hall–Kier alpha value is -3.19. The van der Waals surface area contributed by atoms with Crippen molar-refractivity contribution in [3.05, 3.63) is 59.4 Å². The molecular weight excluding hydrogens is 404 g/mol. The second kappa shape index (κ2) is 9.09. The van der Waals surface area contributed by atoms with Gasteiger partial charge in [-0.3, -0.25) is 9.59 Å². The Morgan fingerprint density at radius 2 is 2.03 bits per heavy atom. The molecule has 3 aromatic rings. The van der Waals surface area contributed by atoms with Crippen LogP contribution in [0.5, 0.6) is 0 Å². The van der Waals surface area contributed by atoms with E-state index < -0.39 is 0 Å². The predicted molar refractivity (Wildman–Crippen MR) is 114 cm³/mol. The maximum atomic E-state index is 12.2. The third-order valence-electron chi connectivity index (χ3n) is 4.89. The summed E-state index contributed by atoms with van der Waals surface area (Å²) >= 11 is 6.32. The number of benzene rings is 2. The van der Waals surface area contributed by atoms with Crippen molar-refractivity contribution in [1.82, 2.24) is 10.1 Å². The number of carbonyl (C=O) groups excluding carboxylic acids is 2. The van der Waals surface area contributed by atoms with Crippen LogP contribution in [0.15, 0.2) is 53.1 Å². The van der Waals surface area contributed by atoms with Crippen LogP contribution in [0.1, 0.15) is 31.6 Å². The number of amides is 2. The fraction of sp³-hybridized carbons (Fsp3) is 0.273. The molecule has 8 heteroatoms. The topological polar surface area (TPSA) is 88.3 Å². The van der Waals surface area contributed by atoms with E-state index in [1.54, 1.807) is 23.1 Å². The molecule has 2 amide bonds. The first-order valence-corrected chi connectivity index (χ1v) is 10.3. The summed E-state index contributed by atoms with van der Waals surface area (Å²) in [5, 5.41) is 7.26. The highest BCUT2D eigenvalue weighted by Gasteiger charge is 2.23. The quantitative estimate of drug-likeness (QED) is 0.604. The van der Waals surface area contributed by atoms with Crippen LogP contribution in [0.3, 0.4) is 0 Å². The summed E-state index contributed by atoms with van der Waals surface area (Å²) in [6.45, 7) is 0.673. The highest BCUT2D eigenvalue weighted by atomic mass is 35.5. The molecule has 0 bridgehead atoms. The van der Waals surface area contributed by atoms with Crippen LogP contribution < -0.4 is 10.2 Å². The summed E-state index contributed by atoms with van der Waals surface area (Å²) in [4.78, 5) is 30.2. The molecular formula is C22H21ClN4O3. The third-order valence-corrected chi connectivity index (χ3v) is 5.19. The molecule has 1 N–H and O–H groups in total. The zero-order chi connectivity index (χ0) is 20.9. The molecule has 0 radical (unpaired) electrons. The Bertz CT molecular complexity index is 1050. The Labute approximate surface area is 179 Å². The van der Waals surface area contributed by atoms with E-state index >= 15 is 0 Å². The van der Waals surface area contributed by atoms with Crippen LogP contribution >= 0.6 is 11.6 Å². The number of carbonyl (C=O) groups is 2. The lowest BCUT2D eigenvalue weighted by molar-refractivity contribution is -0.117. The highest BCUT2D eigenvalue weighted by Crippen LogP contribution is 2.31. The van der Waals surface area contributed by atoms with Crippen LogP contribution in [0.4, 0.5) is 11.4 Å². The fourth-order valence-electron chi connectivity index (χ4n) is 3.39. The van der Waals surface area contributed by atoms with Crippen LogP contribution in [0, 0.1) is 0 Å². The molecule has 0 aliphatic carbocycles. The average molecular weight is 425 g/mol. The van der Waals surface area contributed by atoms with Crippen molar-refractivity contribution in [2.24, 2.45) is 0 Å². The maximum absolute atomic E-state index is 12.2. The molecule has 0 spiro atoms. The Morgan fingerprint density at radius 1 is 1.20 bits per heavy atom. The number of rotatable bonds is 7. The molecule has 2 heterocycles. The van der Waals surface area contributed by atoms with Gasteiger partial charge in [0.25, 0.3) is 0 Å². The second-order valence-electron chi connectivity index (χ2n) is 7.09. The maximum Gasteiger partial charge on any atom is 0.227 e. The monoisotopic (exact) mass is 424 g/mol. The summed E-state index contributed by atoms with van der Waals surface area (Å²) < 4.78 is 5.26. The number of halogens is 1. The van der Waals surface area contributed by atoms with Gasteiger partial charge in [0.15, 0.2) is 0 Å². The number of anilines is 2. The first-order chi connectivity index (χ1) is 14.6. The second-order valence-corrected chi connectivity index (χ2v) is 7.50. The Balaban J connectivity index is 1.28. The van der Waals surface area contributed by atoms with Crippen molar-refractivity contribution in [2.75, 3.05) is 16.8 Å². The van der Waals surface area contributed by atoms with Crippen LogP contribution in [-0.2, 0) is 16.0 Å². The van der Waals surface area contributed by atoms with Crippen molar-refractivity contribution < 1.29 is 14.1 Å². The molecule has 0 atom stereocenters. The van der Waals surface area contributed by atoms with Gasteiger partial charge in [-0.15, -0.1) is 0 Å². The Morgan fingerprint density at radius 3 is 2.77 bits per heavy atom. The van der Waals surface area contributed by atoms with Crippen molar-refractivity contribution >= 4 is 34.8 Å². The van der Waals surface area contributed by atoms with E-state index in [9.17, 15) is 9.59 Å². The van der Waals surface area contributed by atoms with Gasteiger partial charge < -0.3 is 14.7 Å². The predicted octanol–water partition coefficient (Wildman–Crippen LogP) is 4.48. The van der Waals surface area contributed by atoms with Gasteiger partial charge in [0.2, 0.25) is 23.5 Å². The summed E-state index contributed by atoms with van der Waals surface area (Å²) in [6.07, 6.45) is 2.79. The molecule has 0 unspecified atom stereocenters. The molecule has 1 aliphatic rings. The minimum absolute atomic E-state index is 0.0742. The molecule has 30 heavy (non-hydrogen) atoms. The number of nitrogens with one attached hydrogen (secondary N) is 1. The standard InChI is InChI=1S/C22H21ClN4O3/c23-17-14-16(11-12-18(17)27-13-5-10-21(27)29)24-19(28)8-4-9-20-25-22(26-30-20)15-6-2-1-3-7-15/h1-3,6-7,11-12,14H,4-5,8-10,13H2,(H,24,28). The minimum atomic E-state index is -0.126. The third kappa shape index (κ3) is 4.68. The zero-order valence-electron chi connectivity index (χ0n) is 16.3. The van der Waals surface area contributed by atoms with Gasteiger partial charge in [-0.25, -0.2) is 0 Å². The van der Waals surface area contributed by atoms with Gasteiger partial charge in [0.1, 0.15) is 0 Å². The summed E-state index contributed by atoms with van der Waals surface area (Å²) in [6, 6.07) is 14.8. The smallest absolute Gasteiger partial charge is 0.227 e. The SMILES string of the molecule is O=C(CCCc1nc(-c2ccccc2)no1)Nc1ccc(N2CCCC2=O)c(Cl)c1. The van der Waals surface area contributed by atoms with E-state index in [4.69, 9.17) is 16.1 Å². The molecule has 7 nitrogen and oxygen atoms in total. The van der Waals surface area contributed by atoms with E-state index in [1.165, 1.54) is 0 Å². The van der Waals surface area contributed by atoms with E-state index in [0.717, 1.165) is 12.0 Å². The summed E-state index contributed by atoms with van der Waals surface area (Å²) in [5.74, 6) is 0.995. The van der Waals surface area contributed by atoms with Gasteiger partial charge in [-0.1, -0.05) is 47.1 Å². The summed E-state index contributed by atoms with van der Waals surface area (Å²) in [5.41, 5.74) is 2.17. The van der Waals surface area contributed by atoms with Gasteiger partial charge >= 0.3 is 0 Å². The zero-order valence-corrected chi connectivity index (χ0v) is 17.1. The molecule has 154 valence electrons. The molecule has 1 fully saturated rings. The van der Waals surface area contributed by atoms with Gasteiger partial charge in [0.05, 0.1) is 10.7 Å². The number of aromatic nitrogens is 2. The van der Waals surface area contributed by atoms with Gasteiger partial charge in [-0.05, 0) is 31.0 Å². The summed E-state index contributed by atoms with van der Waals surface area (Å²) in [7, 11) is 0. The molecule has 2 aromatic carbocycles.